The van der Waals surface area contributed by atoms with E-state index in [2.05, 4.69) is 5.32 Å². The number of anilines is 2. The summed E-state index contributed by atoms with van der Waals surface area (Å²) in [5, 5.41) is 3.18. The monoisotopic (exact) mass is 418 g/mol. The highest BCUT2D eigenvalue weighted by molar-refractivity contribution is 6.32. The molecule has 152 valence electrons. The molecule has 1 atom stereocenters. The van der Waals surface area contributed by atoms with E-state index in [1.54, 1.807) is 30.3 Å². The fraction of sp³-hybridized carbons (Fsp3) is 0.300. The molecule has 8 nitrogen and oxygen atoms in total. The van der Waals surface area contributed by atoms with Crippen LogP contribution in [-0.2, 0) is 9.59 Å². The number of methoxy groups -OCH3 is 2. The van der Waals surface area contributed by atoms with Crippen molar-refractivity contribution >= 4 is 34.8 Å². The summed E-state index contributed by atoms with van der Waals surface area (Å²) in [6.45, 7) is 0.374. The van der Waals surface area contributed by atoms with Gasteiger partial charge >= 0.3 is 0 Å². The van der Waals surface area contributed by atoms with Crippen molar-refractivity contribution in [3.63, 3.8) is 0 Å². The average Bonchev–Trinajstić information content (AvgIpc) is 3.33. The Kier molecular flexibility index (Phi) is 5.10. The van der Waals surface area contributed by atoms with E-state index in [1.807, 2.05) is 0 Å². The second-order valence-electron chi connectivity index (χ2n) is 6.62. The highest BCUT2D eigenvalue weighted by Crippen LogP contribution is 2.40. The lowest BCUT2D eigenvalue weighted by Gasteiger charge is -2.21. The third kappa shape index (κ3) is 3.63. The third-order valence-corrected chi connectivity index (χ3v) is 5.18. The Balaban J connectivity index is 1.50. The smallest absolute Gasteiger partial charge is 0.231 e. The first kappa shape index (κ1) is 19.2. The quantitative estimate of drug-likeness (QED) is 0.803. The number of halogens is 1. The summed E-state index contributed by atoms with van der Waals surface area (Å²) in [6, 6.07) is 8.38. The Labute approximate surface area is 172 Å². The van der Waals surface area contributed by atoms with Crippen LogP contribution in [0.5, 0.6) is 23.0 Å². The highest BCUT2D eigenvalue weighted by Gasteiger charge is 2.37. The van der Waals surface area contributed by atoms with Gasteiger partial charge in [-0.05, 0) is 18.2 Å². The normalized spacial score (nSPS) is 17.4. The van der Waals surface area contributed by atoms with Crippen molar-refractivity contribution in [2.24, 2.45) is 5.92 Å². The number of hydrogen-bond donors (Lipinski definition) is 1. The van der Waals surface area contributed by atoms with Crippen molar-refractivity contribution in [1.82, 2.24) is 0 Å². The molecule has 0 radical (unpaired) electrons. The number of fused-ring (bicyclic) bond motifs is 1. The zero-order valence-electron chi connectivity index (χ0n) is 15.9. The maximum absolute atomic E-state index is 12.7. The SMILES string of the molecule is COc1cc(OC)c(N2C[C@@H](C(=O)Nc3ccc4c(c3)OCO4)CC2=O)cc1Cl. The Morgan fingerprint density at radius 2 is 1.90 bits per heavy atom. The van der Waals surface area contributed by atoms with Crippen LogP contribution >= 0.6 is 11.6 Å². The van der Waals surface area contributed by atoms with Crippen molar-refractivity contribution in [1.29, 1.82) is 0 Å². The lowest BCUT2D eigenvalue weighted by molar-refractivity contribution is -0.122. The molecular weight excluding hydrogens is 400 g/mol. The number of rotatable bonds is 5. The van der Waals surface area contributed by atoms with Gasteiger partial charge < -0.3 is 29.2 Å². The van der Waals surface area contributed by atoms with Gasteiger partial charge in [-0.1, -0.05) is 11.6 Å². The summed E-state index contributed by atoms with van der Waals surface area (Å²) in [7, 11) is 2.99. The molecule has 0 aliphatic carbocycles. The summed E-state index contributed by atoms with van der Waals surface area (Å²) >= 11 is 6.22. The van der Waals surface area contributed by atoms with E-state index in [9.17, 15) is 9.59 Å². The van der Waals surface area contributed by atoms with Crippen LogP contribution in [0.2, 0.25) is 5.02 Å². The number of nitrogens with one attached hydrogen (secondary N) is 1. The van der Waals surface area contributed by atoms with Crippen LogP contribution in [0.15, 0.2) is 30.3 Å². The number of hydrogen-bond acceptors (Lipinski definition) is 6. The minimum Gasteiger partial charge on any atom is -0.495 e. The van der Waals surface area contributed by atoms with Gasteiger partial charge in [0.05, 0.1) is 30.8 Å². The molecule has 0 aromatic heterocycles. The van der Waals surface area contributed by atoms with Gasteiger partial charge in [0, 0.05) is 30.8 Å². The molecule has 1 saturated heterocycles. The van der Waals surface area contributed by atoms with Crippen molar-refractivity contribution in [3.05, 3.63) is 35.4 Å². The number of ether oxygens (including phenoxy) is 4. The zero-order chi connectivity index (χ0) is 20.5. The molecule has 1 fully saturated rings. The lowest BCUT2D eigenvalue weighted by atomic mass is 10.1. The largest absolute Gasteiger partial charge is 0.495 e. The molecule has 2 aliphatic rings. The minimum absolute atomic E-state index is 0.0865. The standard InChI is InChI=1S/C20H19ClN2O6/c1-26-16-8-17(27-2)14(7-13(16)21)23-9-11(5-19(23)24)20(25)22-12-3-4-15-18(6-12)29-10-28-15/h3-4,6-8,11H,5,9-10H2,1-2H3,(H,22,25)/t11-/m0/s1. The molecule has 0 saturated carbocycles. The molecule has 4 rings (SSSR count). The third-order valence-electron chi connectivity index (χ3n) is 4.88. The molecule has 2 amide bonds. The lowest BCUT2D eigenvalue weighted by Crippen LogP contribution is -2.28. The Bertz CT molecular complexity index is 980. The topological polar surface area (TPSA) is 86.3 Å². The van der Waals surface area contributed by atoms with Gasteiger partial charge in [-0.2, -0.15) is 0 Å². The van der Waals surface area contributed by atoms with Gasteiger partial charge in [0.15, 0.2) is 11.5 Å². The van der Waals surface area contributed by atoms with Gasteiger partial charge in [-0.3, -0.25) is 9.59 Å². The van der Waals surface area contributed by atoms with E-state index >= 15 is 0 Å². The molecule has 2 aromatic rings. The van der Waals surface area contributed by atoms with Crippen molar-refractivity contribution in [2.45, 2.75) is 6.42 Å². The molecule has 0 unspecified atom stereocenters. The Morgan fingerprint density at radius 3 is 2.66 bits per heavy atom. The van der Waals surface area contributed by atoms with Gasteiger partial charge in [-0.15, -0.1) is 0 Å². The first-order valence-electron chi connectivity index (χ1n) is 8.92. The fourth-order valence-electron chi connectivity index (χ4n) is 3.39. The van der Waals surface area contributed by atoms with E-state index in [4.69, 9.17) is 30.5 Å². The molecule has 9 heteroatoms. The van der Waals surface area contributed by atoms with E-state index < -0.39 is 5.92 Å². The van der Waals surface area contributed by atoms with Crippen LogP contribution in [0.1, 0.15) is 6.42 Å². The molecular formula is C20H19ClN2O6. The van der Waals surface area contributed by atoms with Crippen LogP contribution < -0.4 is 29.2 Å². The maximum atomic E-state index is 12.7. The van der Waals surface area contributed by atoms with Crippen molar-refractivity contribution in [2.75, 3.05) is 37.8 Å². The maximum Gasteiger partial charge on any atom is 0.231 e. The Morgan fingerprint density at radius 1 is 1.14 bits per heavy atom. The number of carbonyl (C=O) groups excluding carboxylic acids is 2. The minimum atomic E-state index is -0.515. The van der Waals surface area contributed by atoms with Gasteiger partial charge in [0.25, 0.3) is 0 Å². The van der Waals surface area contributed by atoms with Crippen LogP contribution in [0.25, 0.3) is 0 Å². The summed E-state index contributed by atoms with van der Waals surface area (Å²) in [6.07, 6.45) is 0.0865. The van der Waals surface area contributed by atoms with Crippen LogP contribution in [0, 0.1) is 5.92 Å². The van der Waals surface area contributed by atoms with E-state index in [0.29, 0.717) is 39.4 Å². The molecule has 0 spiro atoms. The highest BCUT2D eigenvalue weighted by atomic mass is 35.5. The van der Waals surface area contributed by atoms with Crippen LogP contribution in [0.4, 0.5) is 11.4 Å². The number of benzene rings is 2. The average molecular weight is 419 g/mol. The van der Waals surface area contributed by atoms with Crippen LogP contribution in [0.3, 0.4) is 0 Å². The van der Waals surface area contributed by atoms with Crippen LogP contribution in [-0.4, -0.2) is 39.4 Å². The second-order valence-corrected chi connectivity index (χ2v) is 7.03. The van der Waals surface area contributed by atoms with E-state index in [-0.39, 0.29) is 31.6 Å². The van der Waals surface area contributed by atoms with E-state index in [1.165, 1.54) is 19.1 Å². The summed E-state index contributed by atoms with van der Waals surface area (Å²) in [5.41, 5.74) is 1.08. The predicted octanol–water partition coefficient (Wildman–Crippen LogP) is 3.08. The molecule has 2 aromatic carbocycles. The molecule has 2 heterocycles. The fourth-order valence-corrected chi connectivity index (χ4v) is 3.62. The molecule has 29 heavy (non-hydrogen) atoms. The van der Waals surface area contributed by atoms with Crippen molar-refractivity contribution in [3.8, 4) is 23.0 Å². The number of carbonyl (C=O) groups is 2. The first-order chi connectivity index (χ1) is 14.0. The van der Waals surface area contributed by atoms with Gasteiger partial charge in [0.1, 0.15) is 11.5 Å². The Hall–Kier alpha value is -3.13. The van der Waals surface area contributed by atoms with Crippen molar-refractivity contribution < 1.29 is 28.5 Å². The summed E-state index contributed by atoms with van der Waals surface area (Å²) in [5.74, 6) is 1.14. The number of amides is 2. The summed E-state index contributed by atoms with van der Waals surface area (Å²) in [4.78, 5) is 26.8. The second kappa shape index (κ2) is 7.71. The molecule has 0 bridgehead atoms. The zero-order valence-corrected chi connectivity index (χ0v) is 16.6. The molecule has 1 N–H and O–H groups in total. The first-order valence-corrected chi connectivity index (χ1v) is 9.30. The predicted molar refractivity (Wildman–Crippen MR) is 106 cm³/mol. The van der Waals surface area contributed by atoms with E-state index in [0.717, 1.165) is 0 Å². The van der Waals surface area contributed by atoms with Gasteiger partial charge in [-0.25, -0.2) is 0 Å². The summed E-state index contributed by atoms with van der Waals surface area (Å²) < 4.78 is 21.2. The number of nitrogens with zero attached hydrogens (tertiary/aromatic N) is 1. The molecule has 2 aliphatic heterocycles. The van der Waals surface area contributed by atoms with Gasteiger partial charge in [0.2, 0.25) is 18.6 Å².